The first-order chi connectivity index (χ1) is 13.6. The molecule has 0 spiro atoms. The van der Waals surface area contributed by atoms with Gasteiger partial charge in [-0.2, -0.15) is 0 Å². The van der Waals surface area contributed by atoms with Gasteiger partial charge < -0.3 is 0 Å². The maximum absolute atomic E-state index is 13.0. The molecule has 28 heavy (non-hydrogen) atoms. The molecule has 148 valence electrons. The van der Waals surface area contributed by atoms with Gasteiger partial charge in [-0.1, -0.05) is 42.5 Å². The van der Waals surface area contributed by atoms with E-state index in [1.165, 1.54) is 0 Å². The molecule has 3 aromatic rings. The molecule has 5 nitrogen and oxygen atoms in total. The van der Waals surface area contributed by atoms with E-state index in [1.807, 2.05) is 35.8 Å². The van der Waals surface area contributed by atoms with Crippen LogP contribution in [0.5, 0.6) is 0 Å². The van der Waals surface area contributed by atoms with E-state index in [4.69, 9.17) is 0 Å². The van der Waals surface area contributed by atoms with Crippen molar-refractivity contribution in [2.24, 2.45) is 0 Å². The number of thiazole rings is 1. The number of aromatic nitrogens is 1. The summed E-state index contributed by atoms with van der Waals surface area (Å²) >= 11 is 1.65. The average Bonchev–Trinajstić information content (AvgIpc) is 3.09. The number of sulfonamides is 1. The Hall–Kier alpha value is -1.80. The zero-order valence-corrected chi connectivity index (χ0v) is 17.5. The molecule has 4 rings (SSSR count). The molecule has 0 amide bonds. The average molecular weight is 416 g/mol. The normalized spacial score (nSPS) is 17.0. The molecule has 0 saturated carbocycles. The summed E-state index contributed by atoms with van der Waals surface area (Å²) in [6.07, 6.45) is 3.23. The fourth-order valence-corrected chi connectivity index (χ4v) is 5.95. The van der Waals surface area contributed by atoms with Gasteiger partial charge in [0.15, 0.2) is 0 Å². The van der Waals surface area contributed by atoms with Gasteiger partial charge in [0.2, 0.25) is 10.0 Å². The topological polar surface area (TPSA) is 53.5 Å². The molecule has 1 aromatic heterocycles. The summed E-state index contributed by atoms with van der Waals surface area (Å²) in [7, 11) is -3.27. The number of hydrogen-bond donors (Lipinski definition) is 0. The summed E-state index contributed by atoms with van der Waals surface area (Å²) < 4.78 is 27.6. The Kier molecular flexibility index (Phi) is 6.06. The predicted molar refractivity (Wildman–Crippen MR) is 115 cm³/mol. The second-order valence-corrected chi connectivity index (χ2v) is 10.2. The van der Waals surface area contributed by atoms with E-state index in [2.05, 4.69) is 28.1 Å². The molecule has 1 aliphatic rings. The summed E-state index contributed by atoms with van der Waals surface area (Å²) in [5.41, 5.74) is 1.10. The van der Waals surface area contributed by atoms with Crippen LogP contribution in [0.1, 0.15) is 17.0 Å². The molecule has 0 unspecified atom stereocenters. The second kappa shape index (κ2) is 8.69. The zero-order chi connectivity index (χ0) is 19.4. The van der Waals surface area contributed by atoms with Gasteiger partial charge in [-0.15, -0.1) is 11.3 Å². The fraction of sp³-hybridized carbons (Fsp3) is 0.381. The van der Waals surface area contributed by atoms with E-state index in [0.29, 0.717) is 19.5 Å². The lowest BCUT2D eigenvalue weighted by molar-refractivity contribution is 0.278. The molecule has 1 aliphatic heterocycles. The third kappa shape index (κ3) is 4.60. The molecule has 0 radical (unpaired) electrons. The lowest BCUT2D eigenvalue weighted by Gasteiger charge is -2.21. The highest BCUT2D eigenvalue weighted by Crippen LogP contribution is 2.20. The number of nitrogens with zero attached hydrogens (tertiary/aromatic N) is 3. The van der Waals surface area contributed by atoms with Gasteiger partial charge in [0, 0.05) is 31.2 Å². The number of fused-ring (bicyclic) bond motifs is 1. The van der Waals surface area contributed by atoms with Crippen molar-refractivity contribution in [1.82, 2.24) is 14.2 Å². The Morgan fingerprint density at radius 2 is 1.86 bits per heavy atom. The van der Waals surface area contributed by atoms with E-state index < -0.39 is 10.0 Å². The number of hydrogen-bond acceptors (Lipinski definition) is 5. The molecule has 0 bridgehead atoms. The molecule has 7 heteroatoms. The van der Waals surface area contributed by atoms with E-state index >= 15 is 0 Å². The smallest absolute Gasteiger partial charge is 0.214 e. The van der Waals surface area contributed by atoms with Crippen LogP contribution in [0, 0.1) is 0 Å². The SMILES string of the molecule is O=S(=O)(CCc1cccc2ccccc12)N1CCCN(Cc2nccs2)CC1. The number of rotatable bonds is 6. The van der Waals surface area contributed by atoms with Gasteiger partial charge >= 0.3 is 0 Å². The Bertz CT molecular complexity index is 1010. The standard InChI is InChI=1S/C21H25N3O2S2/c25-28(26,16-9-19-7-3-6-18-5-1-2-8-20(18)19)24-12-4-11-23(13-14-24)17-21-22-10-15-27-21/h1-3,5-8,10,15H,4,9,11-14,16-17H2. The fourth-order valence-electron chi connectivity index (χ4n) is 3.78. The van der Waals surface area contributed by atoms with Gasteiger partial charge in [0.1, 0.15) is 5.01 Å². The van der Waals surface area contributed by atoms with Crippen molar-refractivity contribution < 1.29 is 8.42 Å². The van der Waals surface area contributed by atoms with E-state index in [1.54, 1.807) is 15.6 Å². The van der Waals surface area contributed by atoms with Crippen LogP contribution in [0.15, 0.2) is 54.0 Å². The first kappa shape index (κ1) is 19.5. The summed E-state index contributed by atoms with van der Waals surface area (Å²) in [5, 5.41) is 5.37. The molecular formula is C21H25N3O2S2. The highest BCUT2D eigenvalue weighted by molar-refractivity contribution is 7.89. The monoisotopic (exact) mass is 415 g/mol. The molecular weight excluding hydrogens is 390 g/mol. The van der Waals surface area contributed by atoms with Crippen LogP contribution in [-0.4, -0.2) is 54.5 Å². The highest BCUT2D eigenvalue weighted by atomic mass is 32.2. The zero-order valence-electron chi connectivity index (χ0n) is 15.8. The van der Waals surface area contributed by atoms with E-state index in [0.717, 1.165) is 47.4 Å². The van der Waals surface area contributed by atoms with Crippen LogP contribution < -0.4 is 0 Å². The molecule has 1 fully saturated rings. The van der Waals surface area contributed by atoms with E-state index in [9.17, 15) is 8.42 Å². The third-order valence-corrected chi connectivity index (χ3v) is 7.93. The van der Waals surface area contributed by atoms with Crippen LogP contribution >= 0.6 is 11.3 Å². The minimum absolute atomic E-state index is 0.160. The lowest BCUT2D eigenvalue weighted by Crippen LogP contribution is -2.37. The Morgan fingerprint density at radius 1 is 1.00 bits per heavy atom. The van der Waals surface area contributed by atoms with Crippen molar-refractivity contribution >= 4 is 32.1 Å². The molecule has 0 N–H and O–H groups in total. The molecule has 0 aliphatic carbocycles. The molecule has 2 aromatic carbocycles. The van der Waals surface area contributed by atoms with Gasteiger partial charge in [-0.25, -0.2) is 17.7 Å². The minimum Gasteiger partial charge on any atom is -0.295 e. The second-order valence-electron chi connectivity index (χ2n) is 7.16. The maximum Gasteiger partial charge on any atom is 0.214 e. The summed E-state index contributed by atoms with van der Waals surface area (Å²) in [5.74, 6) is 0.160. The molecule has 1 saturated heterocycles. The van der Waals surface area contributed by atoms with Crippen LogP contribution in [0.3, 0.4) is 0 Å². The van der Waals surface area contributed by atoms with Crippen LogP contribution in [0.2, 0.25) is 0 Å². The van der Waals surface area contributed by atoms with Gasteiger partial charge in [0.05, 0.1) is 12.3 Å². The van der Waals surface area contributed by atoms with Gasteiger partial charge in [0.25, 0.3) is 0 Å². The van der Waals surface area contributed by atoms with Crippen LogP contribution in [-0.2, 0) is 23.0 Å². The predicted octanol–water partition coefficient (Wildman–Crippen LogP) is 3.38. The first-order valence-electron chi connectivity index (χ1n) is 9.67. The Labute approximate surface area is 170 Å². The molecule has 2 heterocycles. The Morgan fingerprint density at radius 3 is 2.71 bits per heavy atom. The quantitative estimate of drug-likeness (QED) is 0.619. The summed E-state index contributed by atoms with van der Waals surface area (Å²) in [4.78, 5) is 6.65. The van der Waals surface area contributed by atoms with Crippen molar-refractivity contribution in [3.8, 4) is 0 Å². The van der Waals surface area contributed by atoms with Crippen LogP contribution in [0.4, 0.5) is 0 Å². The lowest BCUT2D eigenvalue weighted by atomic mass is 10.0. The van der Waals surface area contributed by atoms with E-state index in [-0.39, 0.29) is 5.75 Å². The van der Waals surface area contributed by atoms with Gasteiger partial charge in [-0.05, 0) is 35.7 Å². The van der Waals surface area contributed by atoms with Crippen molar-refractivity contribution in [2.75, 3.05) is 31.9 Å². The number of aryl methyl sites for hydroxylation is 1. The molecule has 0 atom stereocenters. The number of benzene rings is 2. The first-order valence-corrected chi connectivity index (χ1v) is 12.2. The Balaban J connectivity index is 1.39. The summed E-state index contributed by atoms with van der Waals surface area (Å²) in [6, 6.07) is 14.3. The third-order valence-electron chi connectivity index (χ3n) is 5.29. The highest BCUT2D eigenvalue weighted by Gasteiger charge is 2.25. The van der Waals surface area contributed by atoms with Crippen molar-refractivity contribution in [3.63, 3.8) is 0 Å². The largest absolute Gasteiger partial charge is 0.295 e. The van der Waals surface area contributed by atoms with Gasteiger partial charge in [-0.3, -0.25) is 4.90 Å². The van der Waals surface area contributed by atoms with Crippen LogP contribution in [0.25, 0.3) is 10.8 Å². The van der Waals surface area contributed by atoms with Crippen molar-refractivity contribution in [3.05, 3.63) is 64.6 Å². The maximum atomic E-state index is 13.0. The summed E-state index contributed by atoms with van der Waals surface area (Å²) in [6.45, 7) is 3.64. The minimum atomic E-state index is -3.27. The van der Waals surface area contributed by atoms with Crippen molar-refractivity contribution in [2.45, 2.75) is 19.4 Å². The van der Waals surface area contributed by atoms with Crippen molar-refractivity contribution in [1.29, 1.82) is 0 Å².